The number of hydrogen-bond acceptors (Lipinski definition) is 4. The van der Waals surface area contributed by atoms with Crippen molar-refractivity contribution in [1.29, 1.82) is 0 Å². The van der Waals surface area contributed by atoms with E-state index in [2.05, 4.69) is 4.98 Å². The number of rotatable bonds is 5. The van der Waals surface area contributed by atoms with Crippen LogP contribution >= 0.6 is 11.3 Å². The van der Waals surface area contributed by atoms with Gasteiger partial charge in [0.25, 0.3) is 10.0 Å². The lowest BCUT2D eigenvalue weighted by Crippen LogP contribution is -2.32. The van der Waals surface area contributed by atoms with Crippen LogP contribution in [-0.4, -0.2) is 23.7 Å². The molecular weight excluding hydrogens is 292 g/mol. The second kappa shape index (κ2) is 5.27. The zero-order chi connectivity index (χ0) is 14.2. The Hall–Kier alpha value is -1.24. The molecule has 0 unspecified atom stereocenters. The zero-order valence-corrected chi connectivity index (χ0v) is 12.8. The lowest BCUT2D eigenvalue weighted by molar-refractivity contribution is 0.399. The fraction of sp³-hybridized carbons (Fsp3) is 0.357. The highest BCUT2D eigenvalue weighted by Gasteiger charge is 2.38. The Balaban J connectivity index is 1.91. The summed E-state index contributed by atoms with van der Waals surface area (Å²) < 4.78 is 27.6. The molecule has 2 aromatic heterocycles. The van der Waals surface area contributed by atoms with E-state index in [1.54, 1.807) is 22.8 Å². The van der Waals surface area contributed by atoms with Gasteiger partial charge in [0, 0.05) is 29.9 Å². The maximum Gasteiger partial charge on any atom is 0.253 e. The number of hydrogen-bond donors (Lipinski definition) is 0. The van der Waals surface area contributed by atoms with Gasteiger partial charge in [-0.2, -0.15) is 4.31 Å². The fourth-order valence-corrected chi connectivity index (χ4v) is 5.20. The number of aromatic nitrogens is 1. The third kappa shape index (κ3) is 2.77. The maximum atomic E-state index is 12.7. The summed E-state index contributed by atoms with van der Waals surface area (Å²) in [5.74, 6) is 0. The Morgan fingerprint density at radius 1 is 1.35 bits per heavy atom. The molecule has 6 heteroatoms. The summed E-state index contributed by atoms with van der Waals surface area (Å²) in [4.78, 5) is 5.07. The van der Waals surface area contributed by atoms with E-state index < -0.39 is 10.0 Å². The number of nitrogens with zero attached hydrogens (tertiary/aromatic N) is 2. The Bertz CT molecular complexity index is 691. The highest BCUT2D eigenvalue weighted by molar-refractivity contribution is 7.91. The van der Waals surface area contributed by atoms with Crippen LogP contribution in [0.25, 0.3) is 0 Å². The topological polar surface area (TPSA) is 50.3 Å². The number of aryl methyl sites for hydroxylation is 1. The van der Waals surface area contributed by atoms with Gasteiger partial charge in [-0.25, -0.2) is 8.42 Å². The van der Waals surface area contributed by atoms with Gasteiger partial charge in [0.15, 0.2) is 0 Å². The average Bonchev–Trinajstić information content (AvgIpc) is 3.17. The third-order valence-corrected chi connectivity index (χ3v) is 6.66. The van der Waals surface area contributed by atoms with E-state index in [0.717, 1.165) is 23.3 Å². The van der Waals surface area contributed by atoms with Gasteiger partial charge in [-0.3, -0.25) is 4.98 Å². The normalized spacial score (nSPS) is 15.7. The van der Waals surface area contributed by atoms with Crippen LogP contribution in [0.15, 0.2) is 40.9 Å². The second-order valence-electron chi connectivity index (χ2n) is 5.01. The van der Waals surface area contributed by atoms with Crippen molar-refractivity contribution < 1.29 is 8.42 Å². The quantitative estimate of drug-likeness (QED) is 0.853. The largest absolute Gasteiger partial charge is 0.264 e. The standard InChI is InChI=1S/C14H16N2O2S2/c1-11-4-7-14(19-11)20(17,18)16(13-5-6-13)10-12-3-2-8-15-9-12/h2-4,7-9,13H,5-6,10H2,1H3. The number of thiophene rings is 1. The van der Waals surface area contributed by atoms with Crippen molar-refractivity contribution in [3.63, 3.8) is 0 Å². The Kier molecular flexibility index (Phi) is 3.62. The van der Waals surface area contributed by atoms with Gasteiger partial charge in [-0.05, 0) is 43.5 Å². The molecule has 20 heavy (non-hydrogen) atoms. The molecule has 106 valence electrons. The van der Waals surface area contributed by atoms with Crippen molar-refractivity contribution in [3.8, 4) is 0 Å². The van der Waals surface area contributed by atoms with Gasteiger partial charge >= 0.3 is 0 Å². The highest BCUT2D eigenvalue weighted by atomic mass is 32.2. The minimum atomic E-state index is -3.39. The monoisotopic (exact) mass is 308 g/mol. The van der Waals surface area contributed by atoms with E-state index in [-0.39, 0.29) is 6.04 Å². The summed E-state index contributed by atoms with van der Waals surface area (Å²) >= 11 is 1.33. The summed E-state index contributed by atoms with van der Waals surface area (Å²) in [6.07, 6.45) is 5.32. The molecule has 0 aromatic carbocycles. The molecule has 0 bridgehead atoms. The lowest BCUT2D eigenvalue weighted by Gasteiger charge is -2.20. The molecule has 0 N–H and O–H groups in total. The van der Waals surface area contributed by atoms with Crippen LogP contribution in [-0.2, 0) is 16.6 Å². The smallest absolute Gasteiger partial charge is 0.253 e. The second-order valence-corrected chi connectivity index (χ2v) is 8.41. The van der Waals surface area contributed by atoms with E-state index >= 15 is 0 Å². The van der Waals surface area contributed by atoms with E-state index in [4.69, 9.17) is 0 Å². The van der Waals surface area contributed by atoms with Gasteiger partial charge in [-0.15, -0.1) is 11.3 Å². The summed E-state index contributed by atoms with van der Waals surface area (Å²) in [7, 11) is -3.39. The average molecular weight is 308 g/mol. The minimum Gasteiger partial charge on any atom is -0.264 e. The van der Waals surface area contributed by atoms with Crippen molar-refractivity contribution in [1.82, 2.24) is 9.29 Å². The van der Waals surface area contributed by atoms with Gasteiger partial charge in [0.2, 0.25) is 0 Å². The predicted octanol–water partition coefficient (Wildman–Crippen LogP) is 2.80. The van der Waals surface area contributed by atoms with Crippen molar-refractivity contribution in [2.75, 3.05) is 0 Å². The summed E-state index contributed by atoms with van der Waals surface area (Å²) in [5, 5.41) is 0. The Labute approximate surface area is 123 Å². The molecule has 0 saturated heterocycles. The molecular formula is C14H16N2O2S2. The van der Waals surface area contributed by atoms with Crippen molar-refractivity contribution in [2.45, 2.75) is 36.6 Å². The van der Waals surface area contributed by atoms with Crippen LogP contribution < -0.4 is 0 Å². The molecule has 0 atom stereocenters. The first-order valence-electron chi connectivity index (χ1n) is 6.54. The molecule has 1 aliphatic carbocycles. The minimum absolute atomic E-state index is 0.141. The molecule has 1 fully saturated rings. The predicted molar refractivity (Wildman–Crippen MR) is 79.0 cm³/mol. The van der Waals surface area contributed by atoms with Gasteiger partial charge in [0.05, 0.1) is 0 Å². The molecule has 0 amide bonds. The van der Waals surface area contributed by atoms with Crippen molar-refractivity contribution in [3.05, 3.63) is 47.1 Å². The van der Waals surface area contributed by atoms with Crippen LogP contribution in [0.5, 0.6) is 0 Å². The molecule has 2 aromatic rings. The first-order chi connectivity index (χ1) is 9.57. The Morgan fingerprint density at radius 2 is 2.15 bits per heavy atom. The summed E-state index contributed by atoms with van der Waals surface area (Å²) in [6, 6.07) is 7.45. The van der Waals surface area contributed by atoms with E-state index in [1.165, 1.54) is 11.3 Å². The number of pyridine rings is 1. The molecule has 0 aliphatic heterocycles. The molecule has 1 aliphatic rings. The van der Waals surface area contributed by atoms with Crippen LogP contribution in [0.3, 0.4) is 0 Å². The molecule has 0 radical (unpaired) electrons. The SMILES string of the molecule is Cc1ccc(S(=O)(=O)N(Cc2cccnc2)C2CC2)s1. The van der Waals surface area contributed by atoms with Crippen LogP contribution in [0.2, 0.25) is 0 Å². The third-order valence-electron chi connectivity index (χ3n) is 3.29. The molecule has 4 nitrogen and oxygen atoms in total. The van der Waals surface area contributed by atoms with Gasteiger partial charge in [-0.1, -0.05) is 6.07 Å². The maximum absolute atomic E-state index is 12.7. The summed E-state index contributed by atoms with van der Waals surface area (Å²) in [6.45, 7) is 2.32. The van der Waals surface area contributed by atoms with Crippen LogP contribution in [0, 0.1) is 6.92 Å². The first-order valence-corrected chi connectivity index (χ1v) is 8.80. The van der Waals surface area contributed by atoms with Crippen LogP contribution in [0.1, 0.15) is 23.3 Å². The summed E-state index contributed by atoms with van der Waals surface area (Å²) in [5.41, 5.74) is 0.927. The van der Waals surface area contributed by atoms with Gasteiger partial charge < -0.3 is 0 Å². The zero-order valence-electron chi connectivity index (χ0n) is 11.2. The number of sulfonamides is 1. The van der Waals surface area contributed by atoms with Crippen molar-refractivity contribution >= 4 is 21.4 Å². The highest BCUT2D eigenvalue weighted by Crippen LogP contribution is 2.35. The molecule has 3 rings (SSSR count). The first kappa shape index (κ1) is 13.7. The lowest BCUT2D eigenvalue weighted by atomic mass is 10.3. The molecule has 2 heterocycles. The molecule has 1 saturated carbocycles. The van der Waals surface area contributed by atoms with Crippen LogP contribution in [0.4, 0.5) is 0 Å². The van der Waals surface area contributed by atoms with E-state index in [1.807, 2.05) is 25.1 Å². The molecule has 0 spiro atoms. The Morgan fingerprint density at radius 3 is 2.70 bits per heavy atom. The fourth-order valence-electron chi connectivity index (χ4n) is 2.11. The van der Waals surface area contributed by atoms with E-state index in [9.17, 15) is 8.42 Å². The van der Waals surface area contributed by atoms with Crippen molar-refractivity contribution in [2.24, 2.45) is 0 Å². The van der Waals surface area contributed by atoms with Gasteiger partial charge in [0.1, 0.15) is 4.21 Å². The van der Waals surface area contributed by atoms with E-state index in [0.29, 0.717) is 10.8 Å².